The molecule has 1 N–H and O–H groups in total. The number of nitrogens with zero attached hydrogens (tertiary/aromatic N) is 5. The van der Waals surface area contributed by atoms with E-state index in [9.17, 15) is 19.7 Å². The molecule has 1 saturated heterocycles. The Balaban J connectivity index is 1.40. The van der Waals surface area contributed by atoms with Crippen LogP contribution in [0.15, 0.2) is 47.5 Å². The van der Waals surface area contributed by atoms with Crippen LogP contribution < -0.4 is 5.56 Å². The van der Waals surface area contributed by atoms with Gasteiger partial charge in [0, 0.05) is 55.3 Å². The number of piperidine rings is 1. The highest BCUT2D eigenvalue weighted by Crippen LogP contribution is 2.36. The van der Waals surface area contributed by atoms with Crippen LogP contribution >= 0.6 is 0 Å². The van der Waals surface area contributed by atoms with Gasteiger partial charge in [-0.2, -0.15) is 5.10 Å². The zero-order chi connectivity index (χ0) is 20.8. The minimum absolute atomic E-state index is 0.0301. The Morgan fingerprint density at radius 3 is 2.73 bits per heavy atom. The second kappa shape index (κ2) is 6.90. The molecule has 5 heterocycles. The van der Waals surface area contributed by atoms with E-state index < -0.39 is 16.2 Å². The van der Waals surface area contributed by atoms with Gasteiger partial charge in [0.2, 0.25) is 0 Å². The van der Waals surface area contributed by atoms with Crippen molar-refractivity contribution in [3.63, 3.8) is 0 Å². The lowest BCUT2D eigenvalue weighted by Gasteiger charge is -2.42. The van der Waals surface area contributed by atoms with Gasteiger partial charge >= 0.3 is 11.2 Å². The molecule has 2 aliphatic heterocycles. The average molecular weight is 406 g/mol. The van der Waals surface area contributed by atoms with Crippen molar-refractivity contribution < 1.29 is 9.72 Å². The molecule has 2 bridgehead atoms. The number of fused-ring (bicyclic) bond motifs is 4. The van der Waals surface area contributed by atoms with Crippen LogP contribution in [0.4, 0.5) is 5.69 Å². The molecule has 10 heteroatoms. The number of amides is 1. The van der Waals surface area contributed by atoms with Gasteiger partial charge in [-0.05, 0) is 36.6 Å². The summed E-state index contributed by atoms with van der Waals surface area (Å²) >= 11 is 0. The summed E-state index contributed by atoms with van der Waals surface area (Å²) in [5.74, 6) is -0.102. The molecule has 5 rings (SSSR count). The first-order chi connectivity index (χ1) is 14.5. The van der Waals surface area contributed by atoms with Crippen LogP contribution in [0.5, 0.6) is 0 Å². The standard InChI is InChI=1S/C20H18N6O4/c27-19(16-8-15(22-23-16)13-3-5-21-6-4-13)24-9-12-7-14(11-24)17-1-2-18(26(29)30)20(28)25(17)10-12/h1-6,8,12,14H,7,9-11H2,(H,22,23). The Kier molecular flexibility index (Phi) is 4.19. The molecule has 3 aromatic rings. The van der Waals surface area contributed by atoms with Crippen molar-refractivity contribution in [2.24, 2.45) is 5.92 Å². The van der Waals surface area contributed by atoms with Crippen molar-refractivity contribution in [1.82, 2.24) is 24.6 Å². The van der Waals surface area contributed by atoms with Crippen LogP contribution in [0.1, 0.15) is 28.5 Å². The molecule has 1 amide bonds. The van der Waals surface area contributed by atoms with Gasteiger partial charge in [-0.3, -0.25) is 29.8 Å². The second-order valence-electron chi connectivity index (χ2n) is 7.73. The highest BCUT2D eigenvalue weighted by atomic mass is 16.6. The third-order valence-corrected chi connectivity index (χ3v) is 5.85. The first kappa shape index (κ1) is 18.2. The summed E-state index contributed by atoms with van der Waals surface area (Å²) in [4.78, 5) is 41.8. The van der Waals surface area contributed by atoms with Crippen LogP contribution in [0, 0.1) is 16.0 Å². The van der Waals surface area contributed by atoms with Gasteiger partial charge in [-0.1, -0.05) is 0 Å². The van der Waals surface area contributed by atoms with Crippen LogP contribution in [0.25, 0.3) is 11.3 Å². The van der Waals surface area contributed by atoms with E-state index in [1.807, 2.05) is 12.1 Å². The monoisotopic (exact) mass is 406 g/mol. The van der Waals surface area contributed by atoms with E-state index in [0.717, 1.165) is 17.7 Å². The first-order valence-electron chi connectivity index (χ1n) is 9.64. The largest absolute Gasteiger partial charge is 0.336 e. The van der Waals surface area contributed by atoms with E-state index in [1.165, 1.54) is 10.6 Å². The van der Waals surface area contributed by atoms with Gasteiger partial charge in [0.05, 0.1) is 10.6 Å². The Labute approximate surface area is 170 Å². The summed E-state index contributed by atoms with van der Waals surface area (Å²) in [5.41, 5.74) is 1.72. The van der Waals surface area contributed by atoms with E-state index >= 15 is 0 Å². The number of rotatable bonds is 3. The topological polar surface area (TPSA) is 127 Å². The van der Waals surface area contributed by atoms with Crippen LogP contribution in [0.2, 0.25) is 0 Å². The Morgan fingerprint density at radius 1 is 1.17 bits per heavy atom. The SMILES string of the molecule is O=C(c1cc(-c2ccncc2)n[nH]1)N1CC2CC(C1)c1ccc([N+](=O)[O-])c(=O)n1C2. The van der Waals surface area contributed by atoms with Crippen LogP contribution in [0.3, 0.4) is 0 Å². The molecule has 10 nitrogen and oxygen atoms in total. The van der Waals surface area contributed by atoms with Gasteiger partial charge < -0.3 is 9.47 Å². The van der Waals surface area contributed by atoms with E-state index in [4.69, 9.17) is 0 Å². The molecule has 30 heavy (non-hydrogen) atoms. The fourth-order valence-corrected chi connectivity index (χ4v) is 4.51. The number of carbonyl (C=O) groups excluding carboxylic acids is 1. The molecule has 152 valence electrons. The predicted octanol–water partition coefficient (Wildman–Crippen LogP) is 1.80. The van der Waals surface area contributed by atoms with Crippen molar-refractivity contribution in [1.29, 1.82) is 0 Å². The van der Waals surface area contributed by atoms with Crippen molar-refractivity contribution in [3.8, 4) is 11.3 Å². The minimum Gasteiger partial charge on any atom is -0.336 e. The third kappa shape index (κ3) is 2.97. The van der Waals surface area contributed by atoms with E-state index in [2.05, 4.69) is 15.2 Å². The second-order valence-corrected chi connectivity index (χ2v) is 7.73. The maximum absolute atomic E-state index is 13.1. The van der Waals surface area contributed by atoms with Gasteiger partial charge in [0.15, 0.2) is 0 Å². The van der Waals surface area contributed by atoms with E-state index in [1.54, 1.807) is 29.4 Å². The lowest BCUT2D eigenvalue weighted by Crippen LogP contribution is -2.49. The fourth-order valence-electron chi connectivity index (χ4n) is 4.51. The number of hydrogen-bond acceptors (Lipinski definition) is 6. The minimum atomic E-state index is -0.644. The van der Waals surface area contributed by atoms with Crippen molar-refractivity contribution in [2.45, 2.75) is 18.9 Å². The van der Waals surface area contributed by atoms with Crippen LogP contribution in [-0.4, -0.2) is 48.6 Å². The summed E-state index contributed by atoms with van der Waals surface area (Å²) in [6.45, 7) is 1.32. The first-order valence-corrected chi connectivity index (χ1v) is 9.64. The number of likely N-dealkylation sites (tertiary alicyclic amines) is 1. The number of nitrogens with one attached hydrogen (secondary N) is 1. The number of carbonyl (C=O) groups is 1. The molecule has 3 aromatic heterocycles. The lowest BCUT2D eigenvalue weighted by molar-refractivity contribution is -0.386. The zero-order valence-electron chi connectivity index (χ0n) is 15.9. The smallest absolute Gasteiger partial charge is 0.334 e. The van der Waals surface area contributed by atoms with Gasteiger partial charge in [0.25, 0.3) is 5.91 Å². The number of hydrogen-bond donors (Lipinski definition) is 1. The summed E-state index contributed by atoms with van der Waals surface area (Å²) in [6.07, 6.45) is 4.19. The highest BCUT2D eigenvalue weighted by Gasteiger charge is 2.38. The quantitative estimate of drug-likeness (QED) is 0.522. The average Bonchev–Trinajstić information content (AvgIpc) is 3.24. The number of nitro groups is 1. The van der Waals surface area contributed by atoms with Crippen LogP contribution in [-0.2, 0) is 6.54 Å². The van der Waals surface area contributed by atoms with E-state index in [-0.39, 0.29) is 17.7 Å². The van der Waals surface area contributed by atoms with E-state index in [0.29, 0.717) is 31.0 Å². The number of H-pyrrole nitrogens is 1. The maximum Gasteiger partial charge on any atom is 0.334 e. The van der Waals surface area contributed by atoms with Crippen molar-refractivity contribution >= 4 is 11.6 Å². The summed E-state index contributed by atoms with van der Waals surface area (Å²) in [6, 6.07) is 8.29. The molecular weight excluding hydrogens is 388 g/mol. The van der Waals surface area contributed by atoms with Gasteiger partial charge in [0.1, 0.15) is 5.69 Å². The molecule has 1 fully saturated rings. The molecular formula is C20H18N6O4. The Morgan fingerprint density at radius 2 is 1.97 bits per heavy atom. The highest BCUT2D eigenvalue weighted by molar-refractivity contribution is 5.93. The molecule has 0 saturated carbocycles. The van der Waals surface area contributed by atoms with Gasteiger partial charge in [-0.25, -0.2) is 0 Å². The predicted molar refractivity (Wildman–Crippen MR) is 106 cm³/mol. The Bertz CT molecular complexity index is 1200. The summed E-state index contributed by atoms with van der Waals surface area (Å²) < 4.78 is 1.51. The molecule has 0 radical (unpaired) electrons. The molecule has 2 atom stereocenters. The summed E-state index contributed by atoms with van der Waals surface area (Å²) in [5, 5.41) is 18.1. The normalized spacial score (nSPS) is 19.9. The zero-order valence-corrected chi connectivity index (χ0v) is 15.9. The fraction of sp³-hybridized carbons (Fsp3) is 0.300. The molecule has 0 aliphatic carbocycles. The maximum atomic E-state index is 13.1. The number of aromatic nitrogens is 4. The third-order valence-electron chi connectivity index (χ3n) is 5.85. The number of pyridine rings is 2. The Hall–Kier alpha value is -3.82. The van der Waals surface area contributed by atoms with Crippen molar-refractivity contribution in [3.05, 3.63) is 74.6 Å². The number of aromatic amines is 1. The lowest BCUT2D eigenvalue weighted by atomic mass is 9.83. The molecule has 2 aliphatic rings. The molecule has 0 spiro atoms. The van der Waals surface area contributed by atoms with Crippen molar-refractivity contribution in [2.75, 3.05) is 13.1 Å². The molecule has 2 unspecified atom stereocenters. The summed E-state index contributed by atoms with van der Waals surface area (Å²) in [7, 11) is 0. The van der Waals surface area contributed by atoms with Gasteiger partial charge in [-0.15, -0.1) is 0 Å². The molecule has 0 aromatic carbocycles.